The summed E-state index contributed by atoms with van der Waals surface area (Å²) in [4.78, 5) is 24.9. The first-order valence-corrected chi connectivity index (χ1v) is 10.2. The number of aliphatic hydroxyl groups is 3. The van der Waals surface area contributed by atoms with Crippen molar-refractivity contribution in [2.75, 3.05) is 0 Å². The van der Waals surface area contributed by atoms with Gasteiger partial charge in [0.2, 0.25) is 0 Å². The summed E-state index contributed by atoms with van der Waals surface area (Å²) in [6, 6.07) is 1.20. The van der Waals surface area contributed by atoms with Crippen LogP contribution in [-0.4, -0.2) is 54.6 Å². The van der Waals surface area contributed by atoms with Gasteiger partial charge in [0.15, 0.2) is 12.5 Å². The van der Waals surface area contributed by atoms with Gasteiger partial charge in [0.05, 0.1) is 0 Å². The topological polar surface area (TPSA) is 134 Å². The Bertz CT molecular complexity index is 989. The van der Waals surface area contributed by atoms with E-state index >= 15 is 0 Å². The standard InChI is InChI=1S/C13H16N2O4.C9H14O3.CH4.3Ac/c1-4-13(5-2)8(3)10(17)11(19-13)15-7-6-9(16)14-12(15)18;1-4-9(5-2)6(3)7(10)8(11)12-9;;;;/h1,6-8,10-11,17H,5H2,2-3H3,(H,14,16,18);1,6-8,10-11H,5H2,2-3H3;1H4;;;/t8?,10?,11-,13-;6?,7?,8?,9-;;;;/m11..../s1. The molecule has 0 aromatic carbocycles. The van der Waals surface area contributed by atoms with Crippen LogP contribution < -0.4 is 11.2 Å². The van der Waals surface area contributed by atoms with Gasteiger partial charge in [-0.3, -0.25) is 14.3 Å². The van der Waals surface area contributed by atoms with Crippen molar-refractivity contribution in [2.45, 2.75) is 83.9 Å². The smallest absolute Gasteiger partial charge is 0.330 e. The molecule has 9 nitrogen and oxygen atoms in total. The molecule has 3 rings (SSSR count). The molecular weight excluding hydrogens is 1100 g/mol. The third-order valence-electron chi connectivity index (χ3n) is 6.41. The second-order valence-electron chi connectivity index (χ2n) is 7.87. The fourth-order valence-corrected chi connectivity index (χ4v) is 4.03. The maximum absolute atomic E-state index is 11.7. The van der Waals surface area contributed by atoms with Crippen molar-refractivity contribution < 1.29 is 157 Å². The third kappa shape index (κ3) is 8.70. The van der Waals surface area contributed by atoms with Crippen molar-refractivity contribution >= 4 is 0 Å². The number of aliphatic hydroxyl groups excluding tert-OH is 3. The van der Waals surface area contributed by atoms with Crippen molar-refractivity contribution in [3.8, 4) is 24.7 Å². The molecule has 8 atom stereocenters. The maximum atomic E-state index is 11.7. The van der Waals surface area contributed by atoms with Crippen LogP contribution in [0.1, 0.15) is 54.2 Å². The molecule has 1 aromatic rings. The molecule has 3 radical (unpaired) electrons. The summed E-state index contributed by atoms with van der Waals surface area (Å²) in [7, 11) is 0. The number of hydrogen-bond donors (Lipinski definition) is 4. The van der Waals surface area contributed by atoms with Gasteiger partial charge in [-0.05, 0) is 12.8 Å². The number of rotatable bonds is 3. The number of aromatic amines is 1. The van der Waals surface area contributed by atoms with Crippen LogP contribution in [0.4, 0.5) is 0 Å². The Morgan fingerprint density at radius 1 is 0.971 bits per heavy atom. The summed E-state index contributed by atoms with van der Waals surface area (Å²) in [6.45, 7) is 7.30. The van der Waals surface area contributed by atoms with Gasteiger partial charge in [-0.2, -0.15) is 0 Å². The van der Waals surface area contributed by atoms with E-state index in [2.05, 4.69) is 16.8 Å². The van der Waals surface area contributed by atoms with Crippen LogP contribution in [-0.2, 0) is 9.47 Å². The number of H-pyrrole nitrogens is 1. The Hall–Kier alpha value is 1.92. The van der Waals surface area contributed by atoms with Gasteiger partial charge in [-0.15, -0.1) is 12.8 Å². The van der Waals surface area contributed by atoms with Gasteiger partial charge >= 0.3 is 5.69 Å². The molecule has 0 aliphatic carbocycles. The van der Waals surface area contributed by atoms with Crippen molar-refractivity contribution in [2.24, 2.45) is 11.8 Å². The summed E-state index contributed by atoms with van der Waals surface area (Å²) in [5.74, 6) is 4.53. The zero-order chi connectivity index (χ0) is 23.6. The molecule has 2 saturated heterocycles. The number of nitrogens with zero attached hydrogens (tertiary/aromatic N) is 1. The number of hydrogen-bond acceptors (Lipinski definition) is 7. The van der Waals surface area contributed by atoms with Gasteiger partial charge in [-0.1, -0.05) is 47.0 Å². The second kappa shape index (κ2) is 17.6. The van der Waals surface area contributed by atoms with Gasteiger partial charge in [0.1, 0.15) is 23.4 Å². The molecule has 12 heteroatoms. The number of terminal acetylenes is 2. The summed E-state index contributed by atoms with van der Waals surface area (Å²) in [5.41, 5.74) is -2.83. The Balaban J connectivity index is -0.000000567. The number of ether oxygens (including phenoxy) is 2. The predicted octanol–water partition coefficient (Wildman–Crippen LogP) is 0.595. The van der Waals surface area contributed by atoms with Gasteiger partial charge < -0.3 is 24.8 Å². The second-order valence-corrected chi connectivity index (χ2v) is 7.87. The first kappa shape index (κ1) is 41.4. The molecule has 2 fully saturated rings. The van der Waals surface area contributed by atoms with Crippen LogP contribution in [0.2, 0.25) is 0 Å². The van der Waals surface area contributed by atoms with E-state index in [9.17, 15) is 24.9 Å². The fourth-order valence-electron chi connectivity index (χ4n) is 4.03. The average Bonchev–Trinajstić information content (AvgIpc) is 3.14. The van der Waals surface area contributed by atoms with Gasteiger partial charge in [-0.25, -0.2) is 4.79 Å². The molecule has 2 aliphatic rings. The summed E-state index contributed by atoms with van der Waals surface area (Å²) in [5, 5.41) is 28.8. The predicted molar refractivity (Wildman–Crippen MR) is 119 cm³/mol. The van der Waals surface area contributed by atoms with Crippen LogP contribution in [0.15, 0.2) is 21.9 Å². The molecule has 35 heavy (non-hydrogen) atoms. The molecule has 0 saturated carbocycles. The molecular formula is C23H34Ac3N2O7. The summed E-state index contributed by atoms with van der Waals surface area (Å²) < 4.78 is 12.0. The van der Waals surface area contributed by atoms with Crippen LogP contribution in [0, 0.1) is 169 Å². The molecule has 0 spiro atoms. The Labute approximate surface area is 314 Å². The molecule has 5 unspecified atom stereocenters. The van der Waals surface area contributed by atoms with Crippen molar-refractivity contribution in [1.82, 2.24) is 9.55 Å². The Kier molecular flexibility index (Phi) is 20.8. The van der Waals surface area contributed by atoms with Gasteiger partial charge in [0, 0.05) is 156 Å². The minimum atomic E-state index is -1.14. The quantitative estimate of drug-likeness (QED) is 0.327. The van der Waals surface area contributed by atoms with Crippen molar-refractivity contribution in [1.29, 1.82) is 0 Å². The third-order valence-corrected chi connectivity index (χ3v) is 6.41. The zero-order valence-electron chi connectivity index (χ0n) is 19.8. The first-order valence-electron chi connectivity index (χ1n) is 10.2. The monoisotopic (exact) mass is 1130 g/mol. The van der Waals surface area contributed by atoms with Crippen LogP contribution >= 0.6 is 0 Å². The molecule has 187 valence electrons. The normalized spacial score (nSPS) is 34.8. The molecule has 0 amide bonds. The van der Waals surface area contributed by atoms with Gasteiger partial charge in [0.25, 0.3) is 5.56 Å². The number of aromatic nitrogens is 2. The molecule has 2 aliphatic heterocycles. The number of nitrogens with one attached hydrogen (secondary N) is 1. The maximum Gasteiger partial charge on any atom is 0.330 e. The van der Waals surface area contributed by atoms with Crippen molar-refractivity contribution in [3.63, 3.8) is 0 Å². The van der Waals surface area contributed by atoms with Crippen LogP contribution in [0.3, 0.4) is 0 Å². The molecule has 1 aromatic heterocycles. The van der Waals surface area contributed by atoms with E-state index in [0.29, 0.717) is 12.8 Å². The van der Waals surface area contributed by atoms with Crippen LogP contribution in [0.25, 0.3) is 0 Å². The van der Waals surface area contributed by atoms with E-state index < -0.39 is 47.2 Å². The average molecular weight is 1130 g/mol. The molecule has 4 N–H and O–H groups in total. The minimum absolute atomic E-state index is 0. The Morgan fingerprint density at radius 2 is 1.43 bits per heavy atom. The molecule has 3 heterocycles. The largest absolute Gasteiger partial charge is 0.388 e. The Morgan fingerprint density at radius 3 is 1.74 bits per heavy atom. The van der Waals surface area contributed by atoms with E-state index in [1.807, 2.05) is 13.8 Å². The minimum Gasteiger partial charge on any atom is -0.388 e. The van der Waals surface area contributed by atoms with E-state index in [0.717, 1.165) is 4.57 Å². The summed E-state index contributed by atoms with van der Waals surface area (Å²) >= 11 is 0. The van der Waals surface area contributed by atoms with E-state index in [4.69, 9.17) is 22.3 Å². The summed E-state index contributed by atoms with van der Waals surface area (Å²) in [6.07, 6.45) is 9.39. The van der Waals surface area contributed by atoms with E-state index in [1.165, 1.54) is 12.3 Å². The SMILES string of the molecule is C.C#C[C@]1(CC)OC(O)C(O)C1C.C#C[C@]1(CC)O[C@@H](n2ccc(=O)[nH]c2=O)C(O)C1C.[Ac].[Ac].[Ac]. The van der Waals surface area contributed by atoms with Crippen molar-refractivity contribution in [3.05, 3.63) is 33.1 Å². The fraction of sp³-hybridized carbons (Fsp3) is 0.652. The van der Waals surface area contributed by atoms with E-state index in [-0.39, 0.29) is 151 Å². The molecule has 0 bridgehead atoms. The zero-order valence-corrected chi connectivity index (χ0v) is 34.1. The van der Waals surface area contributed by atoms with E-state index in [1.54, 1.807) is 13.8 Å². The van der Waals surface area contributed by atoms with Crippen LogP contribution in [0.5, 0.6) is 0 Å². The first-order chi connectivity index (χ1) is 14.5.